The lowest BCUT2D eigenvalue weighted by molar-refractivity contribution is 0.187. The molecule has 0 radical (unpaired) electrons. The van der Waals surface area contributed by atoms with Crippen LogP contribution in [0.5, 0.6) is 5.75 Å². The molecule has 1 unspecified atom stereocenters. The number of rotatable bonds is 9. The van der Waals surface area contributed by atoms with Gasteiger partial charge in [-0.2, -0.15) is 13.5 Å². The number of hydrogen-bond donors (Lipinski definition) is 0. The second-order valence-corrected chi connectivity index (χ2v) is 10.5. The lowest BCUT2D eigenvalue weighted by atomic mass is 9.83. The average molecular weight is 421 g/mol. The van der Waals surface area contributed by atoms with Crippen LogP contribution < -0.4 is 4.74 Å². The molecule has 2 aliphatic carbocycles. The Morgan fingerprint density at radius 2 is 1.86 bits per heavy atom. The third-order valence-corrected chi connectivity index (χ3v) is 6.87. The molecule has 160 valence electrons. The Balaban J connectivity index is 1.28. The summed E-state index contributed by atoms with van der Waals surface area (Å²) in [7, 11) is -3.36. The van der Waals surface area contributed by atoms with E-state index >= 15 is 0 Å². The molecule has 1 aromatic heterocycles. The van der Waals surface area contributed by atoms with Crippen LogP contribution >= 0.6 is 0 Å². The van der Waals surface area contributed by atoms with Crippen LogP contribution in [0.25, 0.3) is 10.9 Å². The highest BCUT2D eigenvalue weighted by Gasteiger charge is 2.24. The summed E-state index contributed by atoms with van der Waals surface area (Å²) in [5.41, 5.74) is 1.01. The van der Waals surface area contributed by atoms with E-state index in [1.54, 1.807) is 0 Å². The van der Waals surface area contributed by atoms with Gasteiger partial charge < -0.3 is 4.74 Å². The van der Waals surface area contributed by atoms with Crippen LogP contribution in [0, 0.1) is 11.8 Å². The minimum atomic E-state index is -3.36. The molecule has 1 atom stereocenters. The van der Waals surface area contributed by atoms with Gasteiger partial charge in [-0.1, -0.05) is 0 Å². The van der Waals surface area contributed by atoms with Crippen LogP contribution in [0.1, 0.15) is 64.3 Å². The summed E-state index contributed by atoms with van der Waals surface area (Å²) < 4.78 is 35.5. The molecule has 1 aromatic carbocycles. The normalized spacial score (nSPS) is 23.9. The molecular formula is C22H32N2O4S. The lowest BCUT2D eigenvalue weighted by Crippen LogP contribution is -2.20. The Hall–Kier alpha value is -1.60. The molecule has 2 saturated carbocycles. The smallest absolute Gasteiger partial charge is 0.264 e. The van der Waals surface area contributed by atoms with E-state index in [1.807, 2.05) is 13.0 Å². The van der Waals surface area contributed by atoms with Gasteiger partial charge in [0.05, 0.1) is 30.5 Å². The number of nitrogens with zero attached hydrogens (tertiary/aromatic N) is 2. The Bertz CT molecular complexity index is 927. The van der Waals surface area contributed by atoms with E-state index in [0.717, 1.165) is 74.0 Å². The number of fused-ring (bicyclic) bond motifs is 1. The van der Waals surface area contributed by atoms with Crippen molar-refractivity contribution in [2.75, 3.05) is 12.9 Å². The van der Waals surface area contributed by atoms with Crippen molar-refractivity contribution in [3.63, 3.8) is 0 Å². The second kappa shape index (κ2) is 8.64. The molecule has 0 spiro atoms. The van der Waals surface area contributed by atoms with Gasteiger partial charge in [0.15, 0.2) is 0 Å². The van der Waals surface area contributed by atoms with Crippen molar-refractivity contribution in [3.8, 4) is 5.75 Å². The molecule has 6 nitrogen and oxygen atoms in total. The SMILES string of the molecule is CC(CCC1CCC(n2cc3ccc(OCC4CC4)cc3n2)CC1)OS(C)(=O)=O. The van der Waals surface area contributed by atoms with Gasteiger partial charge in [0, 0.05) is 17.6 Å². The summed E-state index contributed by atoms with van der Waals surface area (Å²) >= 11 is 0. The molecule has 2 aliphatic rings. The van der Waals surface area contributed by atoms with Gasteiger partial charge in [-0.05, 0) is 82.3 Å². The minimum absolute atomic E-state index is 0.240. The standard InChI is InChI=1S/C22H32N2O4S/c1-16(28-29(2,25)26)3-4-17-7-10-20(11-8-17)24-14-19-9-12-21(13-22(19)23-24)27-15-18-5-6-18/h9,12-14,16-18,20H,3-8,10-11,15H2,1-2H3. The Morgan fingerprint density at radius 1 is 1.14 bits per heavy atom. The molecule has 29 heavy (non-hydrogen) atoms. The summed E-state index contributed by atoms with van der Waals surface area (Å²) in [5.74, 6) is 2.31. The van der Waals surface area contributed by atoms with Gasteiger partial charge in [-0.25, -0.2) is 0 Å². The first-order valence-electron chi connectivity index (χ1n) is 10.9. The highest BCUT2D eigenvalue weighted by Crippen LogP contribution is 2.36. The van der Waals surface area contributed by atoms with Gasteiger partial charge in [0.1, 0.15) is 5.75 Å². The minimum Gasteiger partial charge on any atom is -0.493 e. The molecule has 0 aliphatic heterocycles. The summed E-state index contributed by atoms with van der Waals surface area (Å²) in [6.45, 7) is 2.66. The molecule has 0 amide bonds. The van der Waals surface area contributed by atoms with Crippen LogP contribution in [-0.4, -0.2) is 37.2 Å². The Kier molecular flexibility index (Phi) is 6.16. The van der Waals surface area contributed by atoms with Crippen molar-refractivity contribution < 1.29 is 17.3 Å². The second-order valence-electron chi connectivity index (χ2n) is 8.95. The monoisotopic (exact) mass is 420 g/mol. The average Bonchev–Trinajstić information content (AvgIpc) is 3.40. The Labute approximate surface area is 173 Å². The third-order valence-electron chi connectivity index (χ3n) is 6.19. The third kappa shape index (κ3) is 5.95. The fourth-order valence-corrected chi connectivity index (χ4v) is 5.00. The molecule has 2 aromatic rings. The molecule has 1 heterocycles. The van der Waals surface area contributed by atoms with Crippen LogP contribution in [0.4, 0.5) is 0 Å². The van der Waals surface area contributed by atoms with Crippen molar-refractivity contribution in [2.45, 2.75) is 70.4 Å². The number of aromatic nitrogens is 2. The summed E-state index contributed by atoms with van der Waals surface area (Å²) in [4.78, 5) is 0. The number of benzene rings is 1. The molecular weight excluding hydrogens is 388 g/mol. The van der Waals surface area contributed by atoms with Gasteiger partial charge in [0.2, 0.25) is 0 Å². The van der Waals surface area contributed by atoms with Gasteiger partial charge in [-0.15, -0.1) is 0 Å². The van der Waals surface area contributed by atoms with E-state index in [2.05, 4.69) is 23.0 Å². The van der Waals surface area contributed by atoms with E-state index in [9.17, 15) is 8.42 Å². The topological polar surface area (TPSA) is 70.4 Å². The van der Waals surface area contributed by atoms with E-state index in [1.165, 1.54) is 12.8 Å². The zero-order chi connectivity index (χ0) is 20.4. The van der Waals surface area contributed by atoms with Crippen LogP contribution in [0.3, 0.4) is 0 Å². The van der Waals surface area contributed by atoms with Crippen molar-refractivity contribution in [1.82, 2.24) is 9.78 Å². The maximum absolute atomic E-state index is 11.2. The van der Waals surface area contributed by atoms with E-state index in [0.29, 0.717) is 12.0 Å². The highest BCUT2D eigenvalue weighted by molar-refractivity contribution is 7.86. The molecule has 4 rings (SSSR count). The zero-order valence-electron chi connectivity index (χ0n) is 17.4. The lowest BCUT2D eigenvalue weighted by Gasteiger charge is -2.29. The zero-order valence-corrected chi connectivity index (χ0v) is 18.2. The van der Waals surface area contributed by atoms with Crippen molar-refractivity contribution in [2.24, 2.45) is 11.8 Å². The highest BCUT2D eigenvalue weighted by atomic mass is 32.2. The van der Waals surface area contributed by atoms with Crippen LogP contribution in [-0.2, 0) is 14.3 Å². The van der Waals surface area contributed by atoms with Crippen LogP contribution in [0.2, 0.25) is 0 Å². The number of ether oxygens (including phenoxy) is 1. The van der Waals surface area contributed by atoms with Crippen molar-refractivity contribution >= 4 is 21.0 Å². The molecule has 0 saturated heterocycles. The molecule has 7 heteroatoms. The fraction of sp³-hybridized carbons (Fsp3) is 0.682. The Morgan fingerprint density at radius 3 is 2.55 bits per heavy atom. The fourth-order valence-electron chi connectivity index (χ4n) is 4.31. The van der Waals surface area contributed by atoms with Gasteiger partial charge in [-0.3, -0.25) is 8.86 Å². The van der Waals surface area contributed by atoms with E-state index < -0.39 is 10.1 Å². The number of hydrogen-bond acceptors (Lipinski definition) is 5. The van der Waals surface area contributed by atoms with Crippen molar-refractivity contribution in [3.05, 3.63) is 24.4 Å². The first-order chi connectivity index (χ1) is 13.9. The predicted molar refractivity (Wildman–Crippen MR) is 114 cm³/mol. The van der Waals surface area contributed by atoms with Crippen LogP contribution in [0.15, 0.2) is 24.4 Å². The molecule has 0 bridgehead atoms. The quantitative estimate of drug-likeness (QED) is 0.550. The summed E-state index contributed by atoms with van der Waals surface area (Å²) in [5, 5.41) is 5.99. The predicted octanol–water partition coefficient (Wildman–Crippen LogP) is 4.70. The van der Waals surface area contributed by atoms with Gasteiger partial charge >= 0.3 is 0 Å². The summed E-state index contributed by atoms with van der Waals surface area (Å²) in [6.07, 6.45) is 12.0. The van der Waals surface area contributed by atoms with E-state index in [-0.39, 0.29) is 6.10 Å². The van der Waals surface area contributed by atoms with Crippen molar-refractivity contribution in [1.29, 1.82) is 0 Å². The maximum Gasteiger partial charge on any atom is 0.264 e. The summed E-state index contributed by atoms with van der Waals surface area (Å²) in [6, 6.07) is 6.66. The largest absolute Gasteiger partial charge is 0.493 e. The first-order valence-corrected chi connectivity index (χ1v) is 12.7. The maximum atomic E-state index is 11.2. The van der Waals surface area contributed by atoms with Gasteiger partial charge in [0.25, 0.3) is 10.1 Å². The molecule has 0 N–H and O–H groups in total. The molecule has 2 fully saturated rings. The van der Waals surface area contributed by atoms with E-state index in [4.69, 9.17) is 14.0 Å². The first kappa shape index (κ1) is 20.7.